The Kier molecular flexibility index (Phi) is 3.88. The molecule has 4 heteroatoms. The molecule has 0 unspecified atom stereocenters. The number of benzene rings is 1. The van der Waals surface area contributed by atoms with Crippen molar-refractivity contribution in [3.05, 3.63) is 17.7 Å². The van der Waals surface area contributed by atoms with Gasteiger partial charge in [-0.3, -0.25) is 0 Å². The fourth-order valence-electron chi connectivity index (χ4n) is 1.59. The van der Waals surface area contributed by atoms with Gasteiger partial charge in [0, 0.05) is 6.04 Å². The average molecular weight is 239 g/mol. The zero-order chi connectivity index (χ0) is 13.2. The molecule has 96 valence electrons. The summed E-state index contributed by atoms with van der Waals surface area (Å²) in [5, 5.41) is 9.81. The molecule has 1 aromatic rings. The summed E-state index contributed by atoms with van der Waals surface area (Å²) in [5.41, 5.74) is 6.98. The van der Waals surface area contributed by atoms with Gasteiger partial charge in [-0.2, -0.15) is 0 Å². The number of rotatable bonds is 3. The van der Waals surface area contributed by atoms with Gasteiger partial charge in [0.25, 0.3) is 0 Å². The van der Waals surface area contributed by atoms with Gasteiger partial charge in [0.1, 0.15) is 0 Å². The predicted octanol–water partition coefficient (Wildman–Crippen LogP) is 2.46. The van der Waals surface area contributed by atoms with Gasteiger partial charge >= 0.3 is 0 Å². The molecule has 1 atom stereocenters. The lowest BCUT2D eigenvalue weighted by atomic mass is 9.83. The molecule has 0 amide bonds. The van der Waals surface area contributed by atoms with Crippen LogP contribution < -0.4 is 15.2 Å². The van der Waals surface area contributed by atoms with E-state index in [1.165, 1.54) is 14.2 Å². The van der Waals surface area contributed by atoms with Crippen LogP contribution in [0.25, 0.3) is 0 Å². The summed E-state index contributed by atoms with van der Waals surface area (Å²) in [7, 11) is 3.00. The quantitative estimate of drug-likeness (QED) is 0.850. The van der Waals surface area contributed by atoms with E-state index in [-0.39, 0.29) is 17.2 Å². The van der Waals surface area contributed by atoms with Crippen LogP contribution in [-0.4, -0.2) is 19.3 Å². The van der Waals surface area contributed by atoms with Crippen LogP contribution in [-0.2, 0) is 0 Å². The Morgan fingerprint density at radius 2 is 1.53 bits per heavy atom. The van der Waals surface area contributed by atoms with Crippen LogP contribution in [0, 0.1) is 5.41 Å². The van der Waals surface area contributed by atoms with Gasteiger partial charge in [0.2, 0.25) is 5.75 Å². The Bertz CT molecular complexity index is 371. The molecular weight excluding hydrogens is 218 g/mol. The van der Waals surface area contributed by atoms with Crippen LogP contribution >= 0.6 is 0 Å². The zero-order valence-electron chi connectivity index (χ0n) is 11.1. The van der Waals surface area contributed by atoms with Crippen molar-refractivity contribution in [1.29, 1.82) is 0 Å². The first-order chi connectivity index (χ1) is 7.81. The molecule has 0 aliphatic heterocycles. The molecule has 0 aliphatic rings. The number of hydrogen-bond acceptors (Lipinski definition) is 4. The molecule has 1 rings (SSSR count). The Hall–Kier alpha value is -1.42. The highest BCUT2D eigenvalue weighted by atomic mass is 16.5. The number of phenolic OH excluding ortho intramolecular Hbond substituents is 1. The van der Waals surface area contributed by atoms with E-state index in [1.54, 1.807) is 12.1 Å². The second-order valence-electron chi connectivity index (χ2n) is 5.12. The number of hydrogen-bond donors (Lipinski definition) is 2. The fourth-order valence-corrected chi connectivity index (χ4v) is 1.59. The summed E-state index contributed by atoms with van der Waals surface area (Å²) in [6.45, 7) is 6.18. The number of ether oxygens (including phenoxy) is 2. The van der Waals surface area contributed by atoms with Gasteiger partial charge in [0.15, 0.2) is 11.5 Å². The van der Waals surface area contributed by atoms with Crippen molar-refractivity contribution in [2.75, 3.05) is 14.2 Å². The van der Waals surface area contributed by atoms with Crippen LogP contribution in [0.5, 0.6) is 17.2 Å². The number of methoxy groups -OCH3 is 2. The molecule has 0 saturated heterocycles. The number of nitrogens with two attached hydrogens (primary N) is 1. The maximum absolute atomic E-state index is 9.81. The fraction of sp³-hybridized carbons (Fsp3) is 0.538. The third kappa shape index (κ3) is 2.82. The van der Waals surface area contributed by atoms with Crippen molar-refractivity contribution < 1.29 is 14.6 Å². The van der Waals surface area contributed by atoms with Crippen LogP contribution in [0.1, 0.15) is 32.4 Å². The molecule has 0 fully saturated rings. The summed E-state index contributed by atoms with van der Waals surface area (Å²) in [6, 6.07) is 3.33. The van der Waals surface area contributed by atoms with Gasteiger partial charge in [0.05, 0.1) is 14.2 Å². The van der Waals surface area contributed by atoms with Crippen molar-refractivity contribution in [1.82, 2.24) is 0 Å². The molecule has 0 heterocycles. The molecule has 1 aromatic carbocycles. The normalized spacial score (nSPS) is 13.3. The minimum Gasteiger partial charge on any atom is -0.502 e. The topological polar surface area (TPSA) is 64.7 Å². The molecule has 0 saturated carbocycles. The van der Waals surface area contributed by atoms with E-state index >= 15 is 0 Å². The Morgan fingerprint density at radius 1 is 1.12 bits per heavy atom. The Labute approximate surface area is 102 Å². The first kappa shape index (κ1) is 13.6. The summed E-state index contributed by atoms with van der Waals surface area (Å²) in [5.74, 6) is 0.748. The third-order valence-corrected chi connectivity index (χ3v) is 2.79. The first-order valence-electron chi connectivity index (χ1n) is 5.51. The monoisotopic (exact) mass is 239 g/mol. The maximum atomic E-state index is 9.81. The second kappa shape index (κ2) is 4.84. The van der Waals surface area contributed by atoms with Crippen LogP contribution in [0.4, 0.5) is 0 Å². The first-order valence-corrected chi connectivity index (χ1v) is 5.51. The molecule has 0 bridgehead atoms. The van der Waals surface area contributed by atoms with E-state index in [4.69, 9.17) is 15.2 Å². The summed E-state index contributed by atoms with van der Waals surface area (Å²) < 4.78 is 10.2. The van der Waals surface area contributed by atoms with E-state index in [9.17, 15) is 5.11 Å². The van der Waals surface area contributed by atoms with Gasteiger partial charge < -0.3 is 20.3 Å². The molecule has 0 aromatic heterocycles. The molecule has 3 N–H and O–H groups in total. The van der Waals surface area contributed by atoms with Gasteiger partial charge in [-0.15, -0.1) is 0 Å². The van der Waals surface area contributed by atoms with Crippen molar-refractivity contribution in [3.63, 3.8) is 0 Å². The number of aromatic hydroxyl groups is 1. The highest BCUT2D eigenvalue weighted by Gasteiger charge is 2.24. The van der Waals surface area contributed by atoms with Crippen molar-refractivity contribution in [3.8, 4) is 17.2 Å². The molecule has 0 spiro atoms. The van der Waals surface area contributed by atoms with Crippen molar-refractivity contribution in [2.24, 2.45) is 11.1 Å². The van der Waals surface area contributed by atoms with Crippen LogP contribution in [0.15, 0.2) is 12.1 Å². The summed E-state index contributed by atoms with van der Waals surface area (Å²) in [4.78, 5) is 0. The van der Waals surface area contributed by atoms with Gasteiger partial charge in [-0.05, 0) is 23.1 Å². The summed E-state index contributed by atoms with van der Waals surface area (Å²) in [6.07, 6.45) is 0. The Balaban J connectivity index is 3.27. The van der Waals surface area contributed by atoms with Crippen molar-refractivity contribution >= 4 is 0 Å². The second-order valence-corrected chi connectivity index (χ2v) is 5.12. The lowest BCUT2D eigenvalue weighted by Crippen LogP contribution is -2.26. The molecule has 4 nitrogen and oxygen atoms in total. The van der Waals surface area contributed by atoms with E-state index in [2.05, 4.69) is 20.8 Å². The number of phenols is 1. The molecule has 17 heavy (non-hydrogen) atoms. The molecule has 0 aliphatic carbocycles. The average Bonchev–Trinajstić information content (AvgIpc) is 2.27. The van der Waals surface area contributed by atoms with E-state index in [0.29, 0.717) is 11.5 Å². The van der Waals surface area contributed by atoms with E-state index in [1.807, 2.05) is 0 Å². The largest absolute Gasteiger partial charge is 0.502 e. The minimum atomic E-state index is -0.161. The van der Waals surface area contributed by atoms with Gasteiger partial charge in [-0.1, -0.05) is 20.8 Å². The third-order valence-electron chi connectivity index (χ3n) is 2.79. The standard InChI is InChI=1S/C13H21NO3/c1-13(2,3)12(14)8-6-9(16-4)11(15)10(7-8)17-5/h6-7,12,15H,14H2,1-5H3/t12-/m1/s1. The molecule has 0 radical (unpaired) electrons. The van der Waals surface area contributed by atoms with Crippen LogP contribution in [0.3, 0.4) is 0 Å². The van der Waals surface area contributed by atoms with Crippen molar-refractivity contribution in [2.45, 2.75) is 26.8 Å². The van der Waals surface area contributed by atoms with Crippen LogP contribution in [0.2, 0.25) is 0 Å². The minimum absolute atomic E-state index is 0.000130. The highest BCUT2D eigenvalue weighted by Crippen LogP contribution is 2.41. The lowest BCUT2D eigenvalue weighted by Gasteiger charge is -2.28. The predicted molar refractivity (Wildman–Crippen MR) is 67.6 cm³/mol. The lowest BCUT2D eigenvalue weighted by molar-refractivity contribution is 0.316. The smallest absolute Gasteiger partial charge is 0.200 e. The summed E-state index contributed by atoms with van der Waals surface area (Å²) >= 11 is 0. The van der Waals surface area contributed by atoms with E-state index in [0.717, 1.165) is 5.56 Å². The van der Waals surface area contributed by atoms with Gasteiger partial charge in [-0.25, -0.2) is 0 Å². The zero-order valence-corrected chi connectivity index (χ0v) is 11.1. The Morgan fingerprint density at radius 3 is 1.82 bits per heavy atom. The maximum Gasteiger partial charge on any atom is 0.200 e. The SMILES string of the molecule is COc1cc([C@@H](N)C(C)(C)C)cc(OC)c1O. The highest BCUT2D eigenvalue weighted by molar-refractivity contribution is 5.53. The molecular formula is C13H21NO3. The van der Waals surface area contributed by atoms with E-state index < -0.39 is 0 Å².